The molecule has 1 aliphatic heterocycles. The summed E-state index contributed by atoms with van der Waals surface area (Å²) in [6.07, 6.45) is 0. The van der Waals surface area contributed by atoms with Crippen LogP contribution in [-0.4, -0.2) is 36.6 Å². The molecule has 0 aromatic heterocycles. The van der Waals surface area contributed by atoms with Crippen molar-refractivity contribution in [2.24, 2.45) is 5.64 Å². The molecule has 0 aromatic carbocycles. The molecule has 13 heavy (non-hydrogen) atoms. The molecule has 1 saturated heterocycles. The van der Waals surface area contributed by atoms with Crippen LogP contribution in [0.15, 0.2) is 12.4 Å². The summed E-state index contributed by atoms with van der Waals surface area (Å²) in [5.74, 6) is 0.294. The van der Waals surface area contributed by atoms with Crippen molar-refractivity contribution in [1.29, 1.82) is 0 Å². The summed E-state index contributed by atoms with van der Waals surface area (Å²) >= 11 is 0. The van der Waals surface area contributed by atoms with Crippen molar-refractivity contribution < 1.29 is 9.59 Å². The van der Waals surface area contributed by atoms with Gasteiger partial charge < -0.3 is 10.5 Å². The topological polar surface area (TPSA) is 78.7 Å². The molecule has 0 radical (unpaired) electrons. The zero-order chi connectivity index (χ0) is 10.0. The van der Waals surface area contributed by atoms with Crippen LogP contribution in [0.1, 0.15) is 0 Å². The molecule has 3 N–H and O–H groups in total. The van der Waals surface area contributed by atoms with Crippen molar-refractivity contribution in [1.82, 2.24) is 14.9 Å². The smallest absolute Gasteiger partial charge is 0.334 e. The summed E-state index contributed by atoms with van der Waals surface area (Å²) in [6.45, 7) is 5.33. The Kier molecular flexibility index (Phi) is 2.62. The molecule has 6 nitrogen and oxygen atoms in total. The molecule has 0 atom stereocenters. The van der Waals surface area contributed by atoms with Crippen molar-refractivity contribution in [3.05, 3.63) is 12.4 Å². The molecule has 8 heteroatoms. The van der Waals surface area contributed by atoms with Gasteiger partial charge in [0.15, 0.2) is 0 Å². The highest BCUT2D eigenvalue weighted by Gasteiger charge is 2.32. The molecule has 0 saturated carbocycles. The molecule has 0 aliphatic carbocycles. The van der Waals surface area contributed by atoms with Gasteiger partial charge in [0.05, 0.1) is 5.82 Å². The summed E-state index contributed by atoms with van der Waals surface area (Å²) < 4.78 is 0. The van der Waals surface area contributed by atoms with Crippen molar-refractivity contribution in [2.75, 3.05) is 0 Å². The van der Waals surface area contributed by atoms with Crippen LogP contribution in [-0.2, 0) is 0 Å². The van der Waals surface area contributed by atoms with Crippen molar-refractivity contribution in [2.45, 2.75) is 6.82 Å². The molecule has 0 bridgehead atoms. The number of urea groups is 2. The highest BCUT2D eigenvalue weighted by atomic mass is 16.2. The van der Waals surface area contributed by atoms with Crippen LogP contribution in [0.25, 0.3) is 0 Å². The minimum atomic E-state index is -0.526. The highest BCUT2D eigenvalue weighted by molar-refractivity contribution is 6.44. The quantitative estimate of drug-likeness (QED) is 0.509. The zero-order valence-electron chi connectivity index (χ0n) is 7.41. The van der Waals surface area contributed by atoms with Gasteiger partial charge in [0.25, 0.3) is 0 Å². The lowest BCUT2D eigenvalue weighted by molar-refractivity contribution is 0.189. The Balaban J connectivity index is 2.87. The number of nitrogens with two attached hydrogens (primary N) is 1. The summed E-state index contributed by atoms with van der Waals surface area (Å²) in [5.41, 5.74) is 5.23. The maximum Gasteiger partial charge on any atom is 0.334 e. The van der Waals surface area contributed by atoms with Gasteiger partial charge in [-0.15, -0.1) is 0 Å². The molecule has 1 heterocycles. The molecular weight excluding hydrogens is 170 g/mol. The third kappa shape index (κ3) is 1.52. The fraction of sp³-hybridized carbons (Fsp3) is 0.200. The second-order valence-electron chi connectivity index (χ2n) is 2.51. The van der Waals surface area contributed by atoms with E-state index in [1.807, 2.05) is 0 Å². The largest absolute Gasteiger partial charge is 0.353 e. The maximum absolute atomic E-state index is 11.5. The first-order valence-corrected chi connectivity index (χ1v) is 3.90. The van der Waals surface area contributed by atoms with Crippen molar-refractivity contribution in [3.63, 3.8) is 0 Å². The van der Waals surface area contributed by atoms with Gasteiger partial charge in [0.2, 0.25) is 7.41 Å². The van der Waals surface area contributed by atoms with Crippen LogP contribution in [0.2, 0.25) is 6.82 Å². The van der Waals surface area contributed by atoms with Gasteiger partial charge in [-0.3, -0.25) is 14.9 Å². The Morgan fingerprint density at radius 1 is 1.46 bits per heavy atom. The number of carbonyl (C=O) groups excluding carboxylic acids is 2. The van der Waals surface area contributed by atoms with Crippen LogP contribution in [0, 0.1) is 0 Å². The van der Waals surface area contributed by atoms with Gasteiger partial charge in [-0.1, -0.05) is 13.4 Å². The first-order chi connectivity index (χ1) is 6.11. The van der Waals surface area contributed by atoms with Crippen LogP contribution < -0.4 is 11.0 Å². The Morgan fingerprint density at radius 2 is 2.08 bits per heavy atom. The Labute approximate surface area is 77.3 Å². The van der Waals surface area contributed by atoms with Gasteiger partial charge in [-0.05, 0) is 0 Å². The highest BCUT2D eigenvalue weighted by Crippen LogP contribution is 2.08. The van der Waals surface area contributed by atoms with E-state index < -0.39 is 12.1 Å². The van der Waals surface area contributed by atoms with E-state index in [0.29, 0.717) is 13.2 Å². The van der Waals surface area contributed by atoms with E-state index in [0.717, 1.165) is 4.81 Å². The standard InChI is InChI=1S/C5H10B2N4O2/c1-3-9-4(12)11(7-8)5(13)10(3)6-2/h6-7H,1,8H2,2H3,(H,9,12). The first-order valence-electron chi connectivity index (χ1n) is 3.90. The van der Waals surface area contributed by atoms with E-state index in [4.69, 9.17) is 5.64 Å². The molecule has 0 unspecified atom stereocenters. The van der Waals surface area contributed by atoms with Gasteiger partial charge >= 0.3 is 19.6 Å². The molecule has 0 aromatic rings. The second kappa shape index (κ2) is 3.53. The molecular formula is C5H10B2N4O2. The molecule has 0 spiro atoms. The number of nitrogens with one attached hydrogen (secondary N) is 1. The molecule has 68 valence electrons. The van der Waals surface area contributed by atoms with Crippen LogP contribution in [0.3, 0.4) is 0 Å². The van der Waals surface area contributed by atoms with Crippen LogP contribution in [0.5, 0.6) is 0 Å². The number of hydrogen-bond acceptors (Lipinski definition) is 3. The number of rotatable bonds is 2. The summed E-state index contributed by atoms with van der Waals surface area (Å²) in [6, 6.07) is -0.957. The number of carbonyl (C=O) groups is 2. The minimum absolute atomic E-state index is 0.131. The lowest BCUT2D eigenvalue weighted by Crippen LogP contribution is -2.60. The van der Waals surface area contributed by atoms with E-state index in [1.165, 1.54) is 4.81 Å². The van der Waals surface area contributed by atoms with E-state index in [9.17, 15) is 9.59 Å². The van der Waals surface area contributed by atoms with E-state index >= 15 is 0 Å². The third-order valence-corrected chi connectivity index (χ3v) is 1.78. The predicted octanol–water partition coefficient (Wildman–Crippen LogP) is -1.47. The number of amides is 4. The average Bonchev–Trinajstić information content (AvgIpc) is 2.04. The molecule has 1 aliphatic rings. The van der Waals surface area contributed by atoms with Gasteiger partial charge in [-0.25, -0.2) is 4.79 Å². The number of hydrogen-bond donors (Lipinski definition) is 2. The minimum Gasteiger partial charge on any atom is -0.353 e. The molecule has 1 rings (SSSR count). The van der Waals surface area contributed by atoms with Crippen molar-refractivity contribution in [3.8, 4) is 0 Å². The summed E-state index contributed by atoms with van der Waals surface area (Å²) in [5, 5.41) is 2.43. The average molecular weight is 180 g/mol. The van der Waals surface area contributed by atoms with E-state index in [2.05, 4.69) is 11.9 Å². The summed E-state index contributed by atoms with van der Waals surface area (Å²) in [4.78, 5) is 24.8. The Bertz CT molecular complexity index is 245. The van der Waals surface area contributed by atoms with Crippen LogP contribution >= 0.6 is 0 Å². The van der Waals surface area contributed by atoms with E-state index in [-0.39, 0.29) is 7.55 Å². The first kappa shape index (κ1) is 9.66. The normalized spacial score (nSPS) is 17.2. The zero-order valence-corrected chi connectivity index (χ0v) is 7.41. The fourth-order valence-electron chi connectivity index (χ4n) is 1.09. The van der Waals surface area contributed by atoms with Gasteiger partial charge in [0, 0.05) is 0 Å². The maximum atomic E-state index is 11.5. The lowest BCUT2D eigenvalue weighted by atomic mass is 9.95. The van der Waals surface area contributed by atoms with Gasteiger partial charge in [0.1, 0.15) is 0 Å². The Hall–Kier alpha value is -1.43. The fourth-order valence-corrected chi connectivity index (χ4v) is 1.09. The third-order valence-electron chi connectivity index (χ3n) is 1.78. The number of nitrogens with zero attached hydrogens (tertiary/aromatic N) is 2. The summed E-state index contributed by atoms with van der Waals surface area (Å²) in [7, 11) is 0.322. The van der Waals surface area contributed by atoms with Crippen molar-refractivity contribution >= 4 is 27.0 Å². The number of imide groups is 1. The lowest BCUT2D eigenvalue weighted by Gasteiger charge is -2.34. The monoisotopic (exact) mass is 180 g/mol. The molecule has 4 amide bonds. The Morgan fingerprint density at radius 3 is 2.54 bits per heavy atom. The molecule has 1 fully saturated rings. The SMILES string of the molecule is C=C1NC(=O)N(BN)C(=O)N1BC. The van der Waals surface area contributed by atoms with Crippen LogP contribution in [0.4, 0.5) is 9.59 Å². The van der Waals surface area contributed by atoms with Gasteiger partial charge in [-0.2, -0.15) is 0 Å². The second-order valence-corrected chi connectivity index (χ2v) is 2.51. The predicted molar refractivity (Wildman–Crippen MR) is 51.1 cm³/mol. The van der Waals surface area contributed by atoms with E-state index in [1.54, 1.807) is 6.82 Å².